The second-order valence-electron chi connectivity index (χ2n) is 4.83. The molecule has 1 aromatic carbocycles. The fraction of sp³-hybridized carbons (Fsp3) is 0.333. The van der Waals surface area contributed by atoms with E-state index in [4.69, 9.17) is 9.47 Å². The minimum Gasteiger partial charge on any atom is -0.497 e. The Kier molecular flexibility index (Phi) is 3.88. The molecule has 6 heteroatoms. The number of nitrogens with zero attached hydrogens (tertiary/aromatic N) is 1. The van der Waals surface area contributed by atoms with Gasteiger partial charge in [-0.15, -0.1) is 0 Å². The molecule has 110 valence electrons. The maximum Gasteiger partial charge on any atom is 0.355 e. The van der Waals surface area contributed by atoms with Gasteiger partial charge in [0.1, 0.15) is 18.1 Å². The zero-order chi connectivity index (χ0) is 14.8. The van der Waals surface area contributed by atoms with Crippen LogP contribution in [-0.4, -0.2) is 35.0 Å². The van der Waals surface area contributed by atoms with Gasteiger partial charge in [-0.25, -0.2) is 4.79 Å². The Hall–Kier alpha value is -1.95. The Balaban J connectivity index is 1.62. The number of carbonyl (C=O) groups is 2. The number of carbonyl (C=O) groups excluding carboxylic acids is 2. The van der Waals surface area contributed by atoms with Crippen LogP contribution in [0.1, 0.15) is 12.0 Å². The molecule has 1 fully saturated rings. The minimum atomic E-state index is -0.441. The molecule has 21 heavy (non-hydrogen) atoms. The molecule has 2 heterocycles. The lowest BCUT2D eigenvalue weighted by molar-refractivity contribution is -0.143. The van der Waals surface area contributed by atoms with E-state index >= 15 is 0 Å². The summed E-state index contributed by atoms with van der Waals surface area (Å²) in [6.07, 6.45) is 2.30. The average molecular weight is 305 g/mol. The molecule has 0 bridgehead atoms. The third kappa shape index (κ3) is 2.90. The molecular formula is C15H15NO4S. The molecule has 3 rings (SSSR count). The molecule has 0 aromatic heterocycles. The molecule has 0 spiro atoms. The maximum atomic E-state index is 12.1. The molecular weight excluding hydrogens is 290 g/mol. The van der Waals surface area contributed by atoms with Crippen molar-refractivity contribution in [1.29, 1.82) is 0 Å². The van der Waals surface area contributed by atoms with Gasteiger partial charge < -0.3 is 14.4 Å². The molecule has 0 saturated carbocycles. The highest BCUT2D eigenvalue weighted by atomic mass is 32.2. The number of methoxy groups -OCH3 is 1. The van der Waals surface area contributed by atoms with Crippen molar-refractivity contribution in [2.24, 2.45) is 0 Å². The molecule has 0 radical (unpaired) electrons. The molecule has 1 saturated heterocycles. The van der Waals surface area contributed by atoms with Crippen molar-refractivity contribution in [3.05, 3.63) is 41.6 Å². The number of esters is 1. The predicted molar refractivity (Wildman–Crippen MR) is 78.6 cm³/mol. The number of benzene rings is 1. The van der Waals surface area contributed by atoms with Gasteiger partial charge >= 0.3 is 5.97 Å². The summed E-state index contributed by atoms with van der Waals surface area (Å²) in [5.41, 5.74) is 1.25. The lowest BCUT2D eigenvalue weighted by atomic mass is 10.1. The van der Waals surface area contributed by atoms with Gasteiger partial charge in [-0.1, -0.05) is 23.9 Å². The van der Waals surface area contributed by atoms with Crippen molar-refractivity contribution in [1.82, 2.24) is 4.90 Å². The van der Waals surface area contributed by atoms with Crippen LogP contribution in [0.3, 0.4) is 0 Å². The number of thioether (sulfide) groups is 1. The van der Waals surface area contributed by atoms with Crippen molar-refractivity contribution in [3.8, 4) is 5.75 Å². The number of fused-ring (bicyclic) bond motifs is 1. The Labute approximate surface area is 126 Å². The number of hydrogen-bond acceptors (Lipinski definition) is 6. The van der Waals surface area contributed by atoms with Crippen LogP contribution in [0, 0.1) is 0 Å². The molecule has 2 aliphatic rings. The van der Waals surface area contributed by atoms with Crippen molar-refractivity contribution < 1.29 is 19.1 Å². The summed E-state index contributed by atoms with van der Waals surface area (Å²) in [6, 6.07) is 7.31. The first-order chi connectivity index (χ1) is 10.2. The van der Waals surface area contributed by atoms with Crippen LogP contribution in [0.5, 0.6) is 5.75 Å². The van der Waals surface area contributed by atoms with E-state index in [-0.39, 0.29) is 17.1 Å². The summed E-state index contributed by atoms with van der Waals surface area (Å²) in [4.78, 5) is 25.6. The Morgan fingerprint density at radius 3 is 2.76 bits per heavy atom. The maximum absolute atomic E-state index is 12.1. The summed E-state index contributed by atoms with van der Waals surface area (Å²) in [5.74, 6) is 0.315. The minimum absolute atomic E-state index is 0.0765. The third-order valence-corrected chi connectivity index (χ3v) is 4.63. The Morgan fingerprint density at radius 1 is 1.38 bits per heavy atom. The van der Waals surface area contributed by atoms with E-state index < -0.39 is 5.97 Å². The van der Waals surface area contributed by atoms with Gasteiger partial charge in [0.05, 0.1) is 12.5 Å². The van der Waals surface area contributed by atoms with Crippen LogP contribution in [0.2, 0.25) is 0 Å². The van der Waals surface area contributed by atoms with E-state index in [1.807, 2.05) is 29.2 Å². The zero-order valence-corrected chi connectivity index (χ0v) is 12.4. The largest absolute Gasteiger partial charge is 0.497 e. The fourth-order valence-electron chi connectivity index (χ4n) is 2.25. The zero-order valence-electron chi connectivity index (χ0n) is 11.6. The summed E-state index contributed by atoms with van der Waals surface area (Å²) in [7, 11) is 1.60. The van der Waals surface area contributed by atoms with Crippen molar-refractivity contribution in [3.63, 3.8) is 0 Å². The van der Waals surface area contributed by atoms with Crippen LogP contribution in [0.15, 0.2) is 36.0 Å². The van der Waals surface area contributed by atoms with E-state index in [9.17, 15) is 9.59 Å². The first-order valence-electron chi connectivity index (χ1n) is 6.66. The smallest absolute Gasteiger partial charge is 0.355 e. The topological polar surface area (TPSA) is 55.8 Å². The van der Waals surface area contributed by atoms with Crippen molar-refractivity contribution in [2.75, 3.05) is 13.7 Å². The van der Waals surface area contributed by atoms with Crippen LogP contribution < -0.4 is 4.74 Å². The molecule has 2 aliphatic heterocycles. The molecule has 0 amide bonds. The summed E-state index contributed by atoms with van der Waals surface area (Å²) >= 11 is 1.26. The fourth-order valence-corrected chi connectivity index (χ4v) is 3.26. The van der Waals surface area contributed by atoms with Crippen molar-refractivity contribution >= 4 is 22.8 Å². The van der Waals surface area contributed by atoms with Crippen LogP contribution in [0.4, 0.5) is 0 Å². The first kappa shape index (κ1) is 14.0. The van der Waals surface area contributed by atoms with Gasteiger partial charge in [-0.2, -0.15) is 0 Å². The van der Waals surface area contributed by atoms with Gasteiger partial charge in [-0.3, -0.25) is 4.79 Å². The van der Waals surface area contributed by atoms with Gasteiger partial charge in [0.15, 0.2) is 0 Å². The van der Waals surface area contributed by atoms with E-state index in [0.717, 1.165) is 24.3 Å². The molecule has 5 nitrogen and oxygen atoms in total. The molecule has 0 aliphatic carbocycles. The van der Waals surface area contributed by atoms with Gasteiger partial charge in [0.25, 0.3) is 0 Å². The number of rotatable bonds is 4. The standard InChI is InChI=1S/C15H15NO4S/c1-19-11-4-2-10(3-5-11)9-20-15(18)12-8-14(17)21-13-6-7-16(12)13/h2-5,8,13H,6-7,9H2,1H3. The average Bonchev–Trinajstić information content (AvgIpc) is 2.48. The molecule has 1 atom stereocenters. The second kappa shape index (κ2) is 5.81. The SMILES string of the molecule is COc1ccc(COC(=O)C2=CC(=O)SC3CCN23)cc1. The summed E-state index contributed by atoms with van der Waals surface area (Å²) in [5, 5.41) is 0.0263. The summed E-state index contributed by atoms with van der Waals surface area (Å²) in [6.45, 7) is 0.981. The molecule has 0 N–H and O–H groups in total. The normalized spacial score (nSPS) is 20.2. The van der Waals surface area contributed by atoms with Crippen LogP contribution in [0.25, 0.3) is 0 Å². The highest BCUT2D eigenvalue weighted by molar-refractivity contribution is 8.14. The van der Waals surface area contributed by atoms with Crippen molar-refractivity contribution in [2.45, 2.75) is 18.4 Å². The van der Waals surface area contributed by atoms with Crippen LogP contribution >= 0.6 is 11.8 Å². The van der Waals surface area contributed by atoms with E-state index in [1.54, 1.807) is 7.11 Å². The van der Waals surface area contributed by atoms with Gasteiger partial charge in [0, 0.05) is 12.6 Å². The first-order valence-corrected chi connectivity index (χ1v) is 7.54. The lowest BCUT2D eigenvalue weighted by Gasteiger charge is -2.44. The van der Waals surface area contributed by atoms with E-state index in [0.29, 0.717) is 5.70 Å². The highest BCUT2D eigenvalue weighted by Gasteiger charge is 2.38. The third-order valence-electron chi connectivity index (χ3n) is 3.52. The second-order valence-corrected chi connectivity index (χ2v) is 6.01. The van der Waals surface area contributed by atoms with E-state index in [1.165, 1.54) is 17.8 Å². The molecule has 1 aromatic rings. The van der Waals surface area contributed by atoms with Gasteiger partial charge in [-0.05, 0) is 24.1 Å². The van der Waals surface area contributed by atoms with Gasteiger partial charge in [0.2, 0.25) is 5.12 Å². The number of ether oxygens (including phenoxy) is 2. The van der Waals surface area contributed by atoms with Crippen LogP contribution in [-0.2, 0) is 20.9 Å². The Morgan fingerprint density at radius 2 is 2.14 bits per heavy atom. The highest BCUT2D eigenvalue weighted by Crippen LogP contribution is 2.36. The monoisotopic (exact) mass is 305 g/mol. The Bertz CT molecular complexity index is 596. The van der Waals surface area contributed by atoms with E-state index in [2.05, 4.69) is 0 Å². The predicted octanol–water partition coefficient (Wildman–Crippen LogP) is 1.93. The quantitative estimate of drug-likeness (QED) is 0.792. The molecule has 1 unspecified atom stereocenters. The number of hydrogen-bond donors (Lipinski definition) is 0. The summed E-state index contributed by atoms with van der Waals surface area (Å²) < 4.78 is 10.4. The lowest BCUT2D eigenvalue weighted by Crippen LogP contribution is -2.49.